The van der Waals surface area contributed by atoms with Gasteiger partial charge in [-0.3, -0.25) is 9.69 Å². The summed E-state index contributed by atoms with van der Waals surface area (Å²) in [7, 11) is 2.80. The number of benzene rings is 1. The molecule has 0 bridgehead atoms. The lowest BCUT2D eigenvalue weighted by Gasteiger charge is -2.39. The second-order valence-electron chi connectivity index (χ2n) is 11.0. The third kappa shape index (κ3) is 4.46. The Morgan fingerprint density at radius 3 is 2.68 bits per heavy atom. The first-order chi connectivity index (χ1) is 17.7. The van der Waals surface area contributed by atoms with Crippen molar-refractivity contribution < 1.29 is 38.4 Å². The summed E-state index contributed by atoms with van der Waals surface area (Å²) in [5, 5.41) is 11.1. The second-order valence-corrected chi connectivity index (χ2v) is 11.0. The number of ether oxygens (including phenoxy) is 5. The molecular formula is C28H37NO8. The highest BCUT2D eigenvalue weighted by Gasteiger charge is 2.58. The van der Waals surface area contributed by atoms with E-state index in [2.05, 4.69) is 11.0 Å². The molecule has 37 heavy (non-hydrogen) atoms. The van der Waals surface area contributed by atoms with Crippen molar-refractivity contribution >= 4 is 11.9 Å². The van der Waals surface area contributed by atoms with E-state index < -0.39 is 30.1 Å². The molecule has 1 N–H and O–H groups in total. The number of carbonyl (C=O) groups excluding carboxylic acids is 2. The number of carbonyl (C=O) groups is 2. The van der Waals surface area contributed by atoms with Crippen LogP contribution in [0.25, 0.3) is 0 Å². The van der Waals surface area contributed by atoms with Gasteiger partial charge in [-0.25, -0.2) is 4.79 Å². The van der Waals surface area contributed by atoms with Crippen LogP contribution in [0.4, 0.5) is 0 Å². The minimum atomic E-state index is -1.95. The molecule has 3 heterocycles. The SMILES string of the molecule is COC(=O)[C@](O)(CCC(C)C)CC(=O)O[C@@H]1C(OC)=C[C@]23CCCN2CCc2cc4c(cc2[C@H]13)OCO4. The number of hydrogen-bond acceptors (Lipinski definition) is 9. The van der Waals surface area contributed by atoms with E-state index >= 15 is 0 Å². The zero-order chi connectivity index (χ0) is 26.4. The number of aliphatic hydroxyl groups is 1. The topological polar surface area (TPSA) is 104 Å². The fraction of sp³-hybridized carbons (Fsp3) is 0.643. The first-order valence-corrected chi connectivity index (χ1v) is 13.2. The zero-order valence-corrected chi connectivity index (χ0v) is 22.1. The van der Waals surface area contributed by atoms with E-state index in [1.807, 2.05) is 26.0 Å². The van der Waals surface area contributed by atoms with Crippen molar-refractivity contribution in [1.29, 1.82) is 0 Å². The number of nitrogens with zero attached hydrogens (tertiary/aromatic N) is 1. The van der Waals surface area contributed by atoms with Gasteiger partial charge in [0.05, 0.1) is 32.1 Å². The number of methoxy groups -OCH3 is 2. The van der Waals surface area contributed by atoms with E-state index in [9.17, 15) is 14.7 Å². The molecular weight excluding hydrogens is 478 g/mol. The lowest BCUT2D eigenvalue weighted by atomic mass is 9.77. The van der Waals surface area contributed by atoms with E-state index in [1.165, 1.54) is 7.11 Å². The van der Waals surface area contributed by atoms with Gasteiger partial charge >= 0.3 is 11.9 Å². The molecule has 9 nitrogen and oxygen atoms in total. The molecule has 4 atom stereocenters. The maximum absolute atomic E-state index is 13.4. The number of esters is 2. The Bertz CT molecular complexity index is 1100. The Hall–Kier alpha value is -2.78. The van der Waals surface area contributed by atoms with Crippen LogP contribution in [0.15, 0.2) is 24.0 Å². The van der Waals surface area contributed by atoms with Gasteiger partial charge in [-0.05, 0) is 73.9 Å². The minimum Gasteiger partial charge on any atom is -0.497 e. The predicted molar refractivity (Wildman–Crippen MR) is 133 cm³/mol. The quantitative estimate of drug-likeness (QED) is 0.523. The third-order valence-electron chi connectivity index (χ3n) is 8.36. The van der Waals surface area contributed by atoms with Crippen LogP contribution in [0.1, 0.15) is 63.0 Å². The predicted octanol–water partition coefficient (Wildman–Crippen LogP) is 3.08. The van der Waals surface area contributed by atoms with Crippen LogP contribution in [0.3, 0.4) is 0 Å². The normalized spacial score (nSPS) is 27.5. The summed E-state index contributed by atoms with van der Waals surface area (Å²) in [6, 6.07) is 4.06. The van der Waals surface area contributed by atoms with Crippen LogP contribution in [-0.4, -0.2) is 73.3 Å². The fourth-order valence-electron chi connectivity index (χ4n) is 6.50. The Balaban J connectivity index is 1.48. The van der Waals surface area contributed by atoms with Gasteiger partial charge in [0.25, 0.3) is 0 Å². The van der Waals surface area contributed by atoms with E-state index in [1.54, 1.807) is 7.11 Å². The highest BCUT2D eigenvalue weighted by Crippen LogP contribution is 2.55. The van der Waals surface area contributed by atoms with Crippen LogP contribution < -0.4 is 9.47 Å². The molecule has 1 spiro atoms. The number of hydrogen-bond donors (Lipinski definition) is 1. The van der Waals surface area contributed by atoms with E-state index in [0.717, 1.165) is 49.2 Å². The molecule has 0 amide bonds. The van der Waals surface area contributed by atoms with Gasteiger partial charge in [-0.1, -0.05) is 13.8 Å². The molecule has 0 radical (unpaired) electrons. The van der Waals surface area contributed by atoms with E-state index in [-0.39, 0.29) is 30.6 Å². The van der Waals surface area contributed by atoms with Crippen LogP contribution in [-0.2, 0) is 30.2 Å². The first kappa shape index (κ1) is 25.9. The third-order valence-corrected chi connectivity index (χ3v) is 8.36. The second kappa shape index (κ2) is 9.83. The molecule has 1 saturated heterocycles. The van der Waals surface area contributed by atoms with Crippen molar-refractivity contribution in [2.24, 2.45) is 5.92 Å². The van der Waals surface area contributed by atoms with Crippen LogP contribution in [0, 0.1) is 5.92 Å². The average Bonchev–Trinajstić information content (AvgIpc) is 3.55. The molecule has 1 aromatic carbocycles. The Labute approximate surface area is 217 Å². The summed E-state index contributed by atoms with van der Waals surface area (Å²) >= 11 is 0. The molecule has 1 fully saturated rings. The molecule has 4 aliphatic rings. The van der Waals surface area contributed by atoms with Gasteiger partial charge in [-0.2, -0.15) is 0 Å². The maximum atomic E-state index is 13.4. The van der Waals surface area contributed by atoms with Crippen molar-refractivity contribution in [3.05, 3.63) is 35.1 Å². The highest BCUT2D eigenvalue weighted by molar-refractivity contribution is 5.85. The standard InChI is InChI=1S/C28H37NO8/c1-17(2)6-9-28(32,26(31)34-4)15-23(30)37-25-22(33-3)14-27-8-5-10-29(27)11-7-18-12-20-21(36-16-35-20)13-19(18)24(25)27/h12-14,17,24-25,32H,5-11,15-16H2,1-4H3/t24-,25-,27+,28+/m1/s1. The lowest BCUT2D eigenvalue weighted by Crippen LogP contribution is -2.48. The van der Waals surface area contributed by atoms with Gasteiger partial charge < -0.3 is 28.8 Å². The van der Waals surface area contributed by atoms with Crippen molar-refractivity contribution in [3.8, 4) is 11.5 Å². The zero-order valence-electron chi connectivity index (χ0n) is 22.1. The maximum Gasteiger partial charge on any atom is 0.338 e. The van der Waals surface area contributed by atoms with Gasteiger partial charge in [0, 0.05) is 6.54 Å². The van der Waals surface area contributed by atoms with Crippen LogP contribution in [0.5, 0.6) is 11.5 Å². The number of fused-ring (bicyclic) bond motifs is 3. The van der Waals surface area contributed by atoms with Gasteiger partial charge in [-0.15, -0.1) is 0 Å². The molecule has 5 rings (SSSR count). The monoisotopic (exact) mass is 515 g/mol. The summed E-state index contributed by atoms with van der Waals surface area (Å²) in [4.78, 5) is 28.3. The van der Waals surface area contributed by atoms with Gasteiger partial charge in [0.1, 0.15) is 5.76 Å². The Morgan fingerprint density at radius 2 is 1.97 bits per heavy atom. The van der Waals surface area contributed by atoms with Crippen molar-refractivity contribution in [2.75, 3.05) is 34.1 Å². The molecule has 0 aromatic heterocycles. The molecule has 9 heteroatoms. The van der Waals surface area contributed by atoms with Crippen LogP contribution in [0.2, 0.25) is 0 Å². The summed E-state index contributed by atoms with van der Waals surface area (Å²) in [5.41, 5.74) is -0.114. The Morgan fingerprint density at radius 1 is 1.22 bits per heavy atom. The van der Waals surface area contributed by atoms with Crippen molar-refractivity contribution in [3.63, 3.8) is 0 Å². The summed E-state index contributed by atoms with van der Waals surface area (Å²) in [6.07, 6.45) is 4.38. The van der Waals surface area contributed by atoms with Crippen molar-refractivity contribution in [2.45, 2.75) is 75.5 Å². The summed E-state index contributed by atoms with van der Waals surface area (Å²) in [5.74, 6) is 0.526. The average molecular weight is 516 g/mol. The minimum absolute atomic E-state index is 0.109. The summed E-state index contributed by atoms with van der Waals surface area (Å²) < 4.78 is 28.1. The van der Waals surface area contributed by atoms with Crippen molar-refractivity contribution in [1.82, 2.24) is 4.90 Å². The molecule has 0 unspecified atom stereocenters. The molecule has 1 aromatic rings. The molecule has 3 aliphatic heterocycles. The molecule has 1 aliphatic carbocycles. The summed E-state index contributed by atoms with van der Waals surface area (Å²) in [6.45, 7) is 5.98. The first-order valence-electron chi connectivity index (χ1n) is 13.2. The van der Waals surface area contributed by atoms with Crippen LogP contribution >= 0.6 is 0 Å². The van der Waals surface area contributed by atoms with Gasteiger partial charge in [0.2, 0.25) is 6.79 Å². The largest absolute Gasteiger partial charge is 0.497 e. The Kier molecular flexibility index (Phi) is 6.87. The fourth-order valence-corrected chi connectivity index (χ4v) is 6.50. The molecule has 0 saturated carbocycles. The van der Waals surface area contributed by atoms with Gasteiger partial charge in [0.15, 0.2) is 23.2 Å². The van der Waals surface area contributed by atoms with E-state index in [4.69, 9.17) is 23.7 Å². The smallest absolute Gasteiger partial charge is 0.338 e. The highest BCUT2D eigenvalue weighted by atomic mass is 16.7. The number of rotatable bonds is 8. The molecule has 202 valence electrons. The van der Waals surface area contributed by atoms with E-state index in [0.29, 0.717) is 17.9 Å². The lowest BCUT2D eigenvalue weighted by molar-refractivity contribution is -0.173.